The lowest BCUT2D eigenvalue weighted by molar-refractivity contribution is 0.0512. The van der Waals surface area contributed by atoms with E-state index in [1.807, 2.05) is 77.9 Å². The quantitative estimate of drug-likeness (QED) is 0.0164. The number of hydrogen-bond acceptors (Lipinski definition) is 20. The standard InChI is InChI=1S/C40H49FN6O5S.C30H32FN7O2.C22H29FN4O2S.C17H21N3O4.ClH/c1-25-21-34(47(45-25)31-10-8-9-27(22-31)24-43-37(50)52-38(2,3)4)36(49)44-33-23-30(17-18-32(33)41)40(20-19-26-11-12-26,46-53(51)39(5,6)7)29-15-13-28(14-16-29)35(42)48;1-18-13-27(38(37-18)23-4-2-3-20(14-23)16-32)29(40)36-26-15-21(7-9-24(26)31)30(34,12-11-19-5-6-19)22-8-10-25(28(33)39)35-17-22;1-21(2,3)30(29)27-22(11-10-14-4-5-14,15-6-8-17(23)18(24)12-15)16-7-9-19(20(25)28)26-13-16;1-11-8-14(15(21)22)20(19-11)13-7-5-6-12(9-13)10-18-16(23)24-17(2,3)4;/h8-10,13-18,21-23,26,46H,11-12,19-20,24H2,1-7H3,(H2,42,48)(H,43,50)(H,44,49);2-4,7-10,13-15,17,19H,5-6,11-12,16,32,34H2,1H3,(H2,33,39)(H,36,40);6-9,12-14,27H,4-5,10-11,24H2,1-3H3,(H2,25,28);5-9H,10H2,1-4H3,(H,18,23)(H,21,22);1H/t40?,53-;;;;/m1..../s1. The van der Waals surface area contributed by atoms with Crippen LogP contribution in [0.1, 0.15) is 290 Å². The Morgan fingerprint density at radius 2 is 0.791 bits per heavy atom. The summed E-state index contributed by atoms with van der Waals surface area (Å²) in [7, 11) is -3.00. The van der Waals surface area contributed by atoms with Crippen molar-refractivity contribution in [1.29, 1.82) is 0 Å². The zero-order valence-corrected chi connectivity index (χ0v) is 88.2. The fourth-order valence-corrected chi connectivity index (χ4v) is 18.2. The summed E-state index contributed by atoms with van der Waals surface area (Å²) in [5.41, 5.74) is 41.9. The van der Waals surface area contributed by atoms with Gasteiger partial charge in [-0.3, -0.25) is 33.9 Å². The second kappa shape index (κ2) is 48.2. The number of carbonyl (C=O) groups excluding carboxylic acids is 7. The molecule has 7 amide bonds. The number of halogens is 4. The molecule has 3 saturated carbocycles. The first-order chi connectivity index (χ1) is 69.2. The molecule has 12 aromatic rings. The molecular formula is C109H132ClF3N20O13S2. The van der Waals surface area contributed by atoms with Gasteiger partial charge in [-0.2, -0.15) is 15.3 Å². The fourth-order valence-electron chi connectivity index (χ4n) is 16.3. The first-order valence-electron chi connectivity index (χ1n) is 48.5. The Balaban J connectivity index is 0.000000195. The Bertz CT molecular complexity index is 6870. The molecule has 0 aliphatic heterocycles. The number of carboxylic acids is 1. The molecule has 39 heteroatoms. The maximum Gasteiger partial charge on any atom is 0.407 e. The molecule has 19 N–H and O–H groups in total. The van der Waals surface area contributed by atoms with Crippen LogP contribution in [0.25, 0.3) is 17.1 Å². The van der Waals surface area contributed by atoms with E-state index in [2.05, 4.69) is 56.0 Å². The van der Waals surface area contributed by atoms with Crippen LogP contribution in [0.5, 0.6) is 0 Å². The minimum atomic E-state index is -1.57. The molecule has 33 nitrogen and oxygen atoms in total. The third-order valence-electron chi connectivity index (χ3n) is 24.7. The summed E-state index contributed by atoms with van der Waals surface area (Å²) < 4.78 is 92.2. The maximum absolute atomic E-state index is 15.7. The summed E-state index contributed by atoms with van der Waals surface area (Å²) >= 11 is 0. The highest BCUT2D eigenvalue weighted by atomic mass is 35.5. The van der Waals surface area contributed by atoms with Gasteiger partial charge >= 0.3 is 18.2 Å². The molecule has 15 rings (SSSR count). The summed E-state index contributed by atoms with van der Waals surface area (Å²) in [5.74, 6) is -4.04. The third-order valence-corrected chi connectivity index (χ3v) is 28.0. The Kier molecular flexibility index (Phi) is 37.2. The summed E-state index contributed by atoms with van der Waals surface area (Å²) in [6.45, 7) is 28.0. The highest BCUT2D eigenvalue weighted by Crippen LogP contribution is 2.47. The van der Waals surface area contributed by atoms with Crippen LogP contribution in [-0.4, -0.2) is 121 Å². The van der Waals surface area contributed by atoms with Crippen molar-refractivity contribution in [3.05, 3.63) is 325 Å². The van der Waals surface area contributed by atoms with E-state index in [1.165, 1.54) is 63.4 Å². The number of pyridine rings is 2. The highest BCUT2D eigenvalue weighted by molar-refractivity contribution is 7.84. The van der Waals surface area contributed by atoms with Gasteiger partial charge in [-0.05, 0) is 325 Å². The van der Waals surface area contributed by atoms with Crippen LogP contribution in [0.4, 0.5) is 39.8 Å². The Morgan fingerprint density at radius 3 is 1.17 bits per heavy atom. The lowest BCUT2D eigenvalue weighted by atomic mass is 9.79. The molecule has 0 spiro atoms. The number of carbonyl (C=O) groups is 8. The monoisotopic (exact) mass is 2080 g/mol. The summed E-state index contributed by atoms with van der Waals surface area (Å²) in [4.78, 5) is 106. The van der Waals surface area contributed by atoms with Crippen molar-refractivity contribution in [2.75, 3.05) is 16.4 Å². The minimum absolute atomic E-state index is 0. The van der Waals surface area contributed by atoms with Gasteiger partial charge in [0.25, 0.3) is 23.6 Å². The second-order valence-electron chi connectivity index (χ2n) is 41.2. The molecule has 5 aromatic heterocycles. The molecule has 0 radical (unpaired) electrons. The van der Waals surface area contributed by atoms with Crippen molar-refractivity contribution in [3.8, 4) is 17.1 Å². The summed E-state index contributed by atoms with van der Waals surface area (Å²) in [6, 6.07) is 53.4. The topological polar surface area (TPSA) is 517 Å². The van der Waals surface area contributed by atoms with Crippen molar-refractivity contribution in [2.24, 2.45) is 46.4 Å². The van der Waals surface area contributed by atoms with Crippen molar-refractivity contribution < 1.29 is 74.5 Å². The van der Waals surface area contributed by atoms with Crippen LogP contribution in [0, 0.1) is 56.0 Å². The van der Waals surface area contributed by atoms with Crippen molar-refractivity contribution in [3.63, 3.8) is 0 Å². The van der Waals surface area contributed by atoms with Gasteiger partial charge in [0, 0.05) is 37.6 Å². The maximum atomic E-state index is 15.7. The molecule has 148 heavy (non-hydrogen) atoms. The van der Waals surface area contributed by atoms with Crippen LogP contribution >= 0.6 is 12.4 Å². The van der Waals surface area contributed by atoms with Gasteiger partial charge < -0.3 is 70.2 Å². The van der Waals surface area contributed by atoms with Crippen LogP contribution < -0.4 is 65.1 Å². The van der Waals surface area contributed by atoms with Gasteiger partial charge in [0.1, 0.15) is 51.4 Å². The number of primary amides is 3. The SMILES string of the molecule is CC(C)(C)S(=O)NC(CCC1CC1)(c1ccc(C(N)=O)nc1)c1ccc(F)c(N)c1.Cc1cc(C(=O)Nc2cc(C(CCC3CC3)(N[S@](=O)C(C)(C)C)c3ccc(C(N)=O)cc3)ccc2F)n(-c2cccc(CNC(=O)OC(C)(C)C)c2)n1.Cc1cc(C(=O)Nc2cc(C(N)(CCC3CC3)c3ccc(C(N)=O)nc3)ccc2F)n(-c2cccc(CN)c2)n1.Cc1cc(C(=O)O)n(-c2cccc(CNC(=O)OC(C)(C)C)c2)n1.Cl. The molecule has 4 unspecified atom stereocenters. The number of nitrogens with one attached hydrogen (secondary N) is 6. The zero-order chi connectivity index (χ0) is 107. The van der Waals surface area contributed by atoms with E-state index in [9.17, 15) is 56.3 Å². The molecule has 7 aromatic carbocycles. The largest absolute Gasteiger partial charge is 0.477 e. The van der Waals surface area contributed by atoms with E-state index < -0.39 is 124 Å². The second-order valence-corrected chi connectivity index (χ2v) is 45.2. The number of aryl methyl sites for hydroxylation is 3. The molecule has 5 atom stereocenters. The minimum Gasteiger partial charge on any atom is -0.477 e. The van der Waals surface area contributed by atoms with Gasteiger partial charge in [-0.1, -0.05) is 117 Å². The van der Waals surface area contributed by atoms with Crippen LogP contribution in [0.15, 0.2) is 207 Å². The highest BCUT2D eigenvalue weighted by Gasteiger charge is 2.44. The predicted octanol–water partition coefficient (Wildman–Crippen LogP) is 17.8. The molecule has 3 fully saturated rings. The van der Waals surface area contributed by atoms with E-state index in [1.54, 1.807) is 196 Å². The number of nitrogens with zero attached hydrogens (tertiary/aromatic N) is 8. The van der Waals surface area contributed by atoms with Gasteiger partial charge in [-0.25, -0.2) is 59.5 Å². The lowest BCUT2D eigenvalue weighted by Crippen LogP contribution is -2.49. The Morgan fingerprint density at radius 1 is 0.432 bits per heavy atom. The van der Waals surface area contributed by atoms with E-state index in [-0.39, 0.29) is 71.0 Å². The van der Waals surface area contributed by atoms with Crippen molar-refractivity contribution >= 4 is 99.1 Å². The first-order valence-corrected chi connectivity index (χ1v) is 50.8. The van der Waals surface area contributed by atoms with Gasteiger partial charge in [0.2, 0.25) is 5.91 Å². The van der Waals surface area contributed by atoms with Crippen molar-refractivity contribution in [2.45, 2.75) is 238 Å². The van der Waals surface area contributed by atoms with Crippen LogP contribution in [-0.2, 0) is 67.7 Å². The number of nitrogen functional groups attached to an aromatic ring is 1. The third kappa shape index (κ3) is 30.5. The van der Waals surface area contributed by atoms with E-state index >= 15 is 8.78 Å². The molecule has 3 aliphatic carbocycles. The number of rotatable bonds is 35. The number of aromatic carboxylic acids is 1. The number of anilines is 3. The summed E-state index contributed by atoms with van der Waals surface area (Å²) in [6.07, 6.45) is 13.2. The number of benzene rings is 7. The molecule has 0 bridgehead atoms. The number of ether oxygens (including phenoxy) is 2. The fraction of sp³-hybridized carbons (Fsp3) is 0.367. The van der Waals surface area contributed by atoms with E-state index in [0.717, 1.165) is 72.8 Å². The molecule has 0 saturated heterocycles. The van der Waals surface area contributed by atoms with Crippen LogP contribution in [0.2, 0.25) is 0 Å². The number of carboxylic acid groups (broad SMARTS) is 1. The summed E-state index contributed by atoms with van der Waals surface area (Å²) in [5, 5.41) is 33.4. The number of amides is 7. The van der Waals surface area contributed by atoms with E-state index in [0.29, 0.717) is 106 Å². The number of nitrogens with two attached hydrogens (primary N) is 6. The first kappa shape index (κ1) is 114. The van der Waals surface area contributed by atoms with Gasteiger partial charge in [-0.15, -0.1) is 12.4 Å². The average Bonchev–Trinajstić information content (AvgIpc) is 1.21. The number of alkyl carbamates (subject to hydrolysis) is 2. The van der Waals surface area contributed by atoms with Gasteiger partial charge in [0.05, 0.1) is 99.3 Å². The Labute approximate surface area is 870 Å². The number of hydrogen-bond donors (Lipinski definition) is 13. The molecule has 3 aliphatic rings. The van der Waals surface area contributed by atoms with Gasteiger partial charge in [0.15, 0.2) is 5.69 Å². The molecule has 786 valence electrons. The molecular weight excluding hydrogens is 1950 g/mol. The lowest BCUT2D eigenvalue weighted by Gasteiger charge is -2.38. The number of aromatic nitrogens is 8. The Hall–Kier alpha value is -14.2. The van der Waals surface area contributed by atoms with E-state index in [4.69, 9.17) is 43.9 Å². The van der Waals surface area contributed by atoms with Crippen LogP contribution in [0.3, 0.4) is 0 Å². The smallest absolute Gasteiger partial charge is 0.407 e. The van der Waals surface area contributed by atoms with Crippen molar-refractivity contribution in [1.82, 2.24) is 59.4 Å². The molecule has 5 heterocycles. The average molecular weight is 2090 g/mol. The normalized spacial score (nSPS) is 14.6. The zero-order valence-electron chi connectivity index (χ0n) is 85.7. The predicted molar refractivity (Wildman–Crippen MR) is 568 cm³/mol.